The van der Waals surface area contributed by atoms with E-state index in [1.54, 1.807) is 28.8 Å². The van der Waals surface area contributed by atoms with Crippen LogP contribution in [0.3, 0.4) is 0 Å². The molecule has 3 heterocycles. The molecule has 0 aliphatic rings. The van der Waals surface area contributed by atoms with Crippen LogP contribution in [0.1, 0.15) is 5.56 Å². The predicted molar refractivity (Wildman–Crippen MR) is 97.9 cm³/mol. The van der Waals surface area contributed by atoms with Crippen molar-refractivity contribution in [2.45, 2.75) is 6.54 Å². The molecule has 4 rings (SSSR count). The lowest BCUT2D eigenvalue weighted by molar-refractivity contribution is 0.747. The summed E-state index contributed by atoms with van der Waals surface area (Å²) in [7, 11) is 5.72. The summed E-state index contributed by atoms with van der Waals surface area (Å²) < 4.78 is 3.20. The molecule has 0 fully saturated rings. The summed E-state index contributed by atoms with van der Waals surface area (Å²) in [6.07, 6.45) is 5.08. The third-order valence-electron chi connectivity index (χ3n) is 4.24. The largest absolute Gasteiger partial charge is 0.362 e. The molecule has 4 aromatic rings. The summed E-state index contributed by atoms with van der Waals surface area (Å²) in [5.74, 6) is 0.910. The third kappa shape index (κ3) is 2.53. The van der Waals surface area contributed by atoms with Crippen LogP contribution in [-0.4, -0.2) is 38.4 Å². The van der Waals surface area contributed by atoms with Crippen LogP contribution in [0, 0.1) is 0 Å². The van der Waals surface area contributed by atoms with Crippen molar-refractivity contribution in [1.29, 1.82) is 0 Å². The summed E-state index contributed by atoms with van der Waals surface area (Å²) in [6, 6.07) is 8.10. The van der Waals surface area contributed by atoms with E-state index in [1.807, 2.05) is 43.4 Å². The van der Waals surface area contributed by atoms with Crippen molar-refractivity contribution in [3.05, 3.63) is 58.9 Å². The Morgan fingerprint density at radius 1 is 1.08 bits per heavy atom. The Morgan fingerprint density at radius 3 is 2.60 bits per heavy atom. The highest BCUT2D eigenvalue weighted by Gasteiger charge is 2.12. The molecule has 0 bridgehead atoms. The van der Waals surface area contributed by atoms with Gasteiger partial charge < -0.3 is 4.90 Å². The van der Waals surface area contributed by atoms with Crippen molar-refractivity contribution in [3.8, 4) is 0 Å². The first-order valence-corrected chi connectivity index (χ1v) is 7.97. The van der Waals surface area contributed by atoms with E-state index in [0.29, 0.717) is 17.6 Å². The minimum absolute atomic E-state index is 0.0983. The maximum atomic E-state index is 12.7. The molecular weight excluding hydrogens is 316 g/mol. The summed E-state index contributed by atoms with van der Waals surface area (Å²) in [5, 5.41) is 6.84. The molecule has 7 heteroatoms. The van der Waals surface area contributed by atoms with Gasteiger partial charge in [0.05, 0.1) is 6.54 Å². The fraction of sp³-hybridized carbons (Fsp3) is 0.222. The molecule has 0 aliphatic heterocycles. The van der Waals surface area contributed by atoms with Gasteiger partial charge in [0, 0.05) is 38.9 Å². The van der Waals surface area contributed by atoms with Gasteiger partial charge in [0.1, 0.15) is 17.5 Å². The SMILES string of the molecule is CN(C)c1ncc(Cn2cnc3nn(C)cc3c2=O)c2ccccc12. The Kier molecular flexibility index (Phi) is 3.49. The van der Waals surface area contributed by atoms with Gasteiger partial charge in [-0.25, -0.2) is 9.97 Å². The molecule has 0 spiro atoms. The molecule has 0 aliphatic carbocycles. The van der Waals surface area contributed by atoms with E-state index in [0.717, 1.165) is 22.2 Å². The fourth-order valence-electron chi connectivity index (χ4n) is 3.07. The summed E-state index contributed by atoms with van der Waals surface area (Å²) in [4.78, 5) is 23.5. The number of hydrogen-bond donors (Lipinski definition) is 0. The van der Waals surface area contributed by atoms with Gasteiger partial charge >= 0.3 is 0 Å². The Morgan fingerprint density at radius 2 is 1.84 bits per heavy atom. The zero-order valence-corrected chi connectivity index (χ0v) is 14.3. The number of aromatic nitrogens is 5. The maximum Gasteiger partial charge on any atom is 0.264 e. The summed E-state index contributed by atoms with van der Waals surface area (Å²) >= 11 is 0. The van der Waals surface area contributed by atoms with Crippen molar-refractivity contribution in [2.75, 3.05) is 19.0 Å². The zero-order chi connectivity index (χ0) is 17.6. The molecule has 0 unspecified atom stereocenters. The number of pyridine rings is 1. The number of fused-ring (bicyclic) bond motifs is 2. The molecule has 1 aromatic carbocycles. The van der Waals surface area contributed by atoms with Gasteiger partial charge in [-0.3, -0.25) is 14.0 Å². The molecule has 0 atom stereocenters. The van der Waals surface area contributed by atoms with Gasteiger partial charge in [-0.15, -0.1) is 0 Å². The lowest BCUT2D eigenvalue weighted by Gasteiger charge is -2.16. The average molecular weight is 334 g/mol. The number of aryl methyl sites for hydroxylation is 1. The van der Waals surface area contributed by atoms with E-state index in [4.69, 9.17) is 0 Å². The first kappa shape index (κ1) is 15.3. The van der Waals surface area contributed by atoms with Gasteiger partial charge in [-0.1, -0.05) is 24.3 Å². The van der Waals surface area contributed by atoms with E-state index in [2.05, 4.69) is 21.1 Å². The smallest absolute Gasteiger partial charge is 0.264 e. The summed E-state index contributed by atoms with van der Waals surface area (Å²) in [5.41, 5.74) is 1.35. The van der Waals surface area contributed by atoms with Crippen LogP contribution in [-0.2, 0) is 13.6 Å². The van der Waals surface area contributed by atoms with Crippen LogP contribution >= 0.6 is 0 Å². The Balaban J connectivity index is 1.85. The second-order valence-electron chi connectivity index (χ2n) is 6.26. The Hall–Kier alpha value is -3.22. The Bertz CT molecular complexity index is 1140. The van der Waals surface area contributed by atoms with E-state index in [9.17, 15) is 4.79 Å². The molecule has 7 nitrogen and oxygen atoms in total. The number of hydrogen-bond acceptors (Lipinski definition) is 5. The molecule has 0 N–H and O–H groups in total. The van der Waals surface area contributed by atoms with E-state index >= 15 is 0 Å². The molecule has 0 radical (unpaired) electrons. The first-order chi connectivity index (χ1) is 12.0. The second-order valence-corrected chi connectivity index (χ2v) is 6.26. The van der Waals surface area contributed by atoms with Crippen molar-refractivity contribution in [3.63, 3.8) is 0 Å². The van der Waals surface area contributed by atoms with E-state index in [1.165, 1.54) is 0 Å². The highest BCUT2D eigenvalue weighted by atomic mass is 16.1. The fourth-order valence-corrected chi connectivity index (χ4v) is 3.07. The van der Waals surface area contributed by atoms with Gasteiger partial charge in [0.25, 0.3) is 5.56 Å². The standard InChI is InChI=1S/C18H18N6O/c1-22(2)17-14-7-5-4-6-13(14)12(8-19-17)9-24-11-20-16-15(18(24)25)10-23(3)21-16/h4-8,10-11H,9H2,1-3H3. The topological polar surface area (TPSA) is 68.8 Å². The van der Waals surface area contributed by atoms with E-state index in [-0.39, 0.29) is 5.56 Å². The lowest BCUT2D eigenvalue weighted by atomic mass is 10.1. The monoisotopic (exact) mass is 334 g/mol. The highest BCUT2D eigenvalue weighted by Crippen LogP contribution is 2.26. The van der Waals surface area contributed by atoms with Gasteiger partial charge in [-0.2, -0.15) is 5.10 Å². The Labute approximate surface area is 144 Å². The lowest BCUT2D eigenvalue weighted by Crippen LogP contribution is -2.21. The number of anilines is 1. The molecule has 0 saturated heterocycles. The molecule has 3 aromatic heterocycles. The van der Waals surface area contributed by atoms with E-state index < -0.39 is 0 Å². The number of nitrogens with zero attached hydrogens (tertiary/aromatic N) is 6. The minimum Gasteiger partial charge on any atom is -0.362 e. The number of rotatable bonds is 3. The van der Waals surface area contributed by atoms with Crippen LogP contribution in [0.25, 0.3) is 21.8 Å². The van der Waals surface area contributed by atoms with Crippen molar-refractivity contribution in [2.24, 2.45) is 7.05 Å². The molecule has 126 valence electrons. The van der Waals surface area contributed by atoms with Crippen molar-refractivity contribution < 1.29 is 0 Å². The average Bonchev–Trinajstić information content (AvgIpc) is 2.98. The third-order valence-corrected chi connectivity index (χ3v) is 4.24. The molecule has 0 amide bonds. The minimum atomic E-state index is -0.0983. The zero-order valence-electron chi connectivity index (χ0n) is 14.3. The van der Waals surface area contributed by atoms with Crippen LogP contribution in [0.5, 0.6) is 0 Å². The van der Waals surface area contributed by atoms with Gasteiger partial charge in [-0.05, 0) is 10.9 Å². The quantitative estimate of drug-likeness (QED) is 0.571. The normalized spacial score (nSPS) is 11.3. The van der Waals surface area contributed by atoms with Crippen LogP contribution < -0.4 is 10.5 Å². The maximum absolute atomic E-state index is 12.7. The first-order valence-electron chi connectivity index (χ1n) is 7.97. The van der Waals surface area contributed by atoms with Crippen molar-refractivity contribution >= 4 is 27.6 Å². The van der Waals surface area contributed by atoms with Crippen LogP contribution in [0.4, 0.5) is 5.82 Å². The van der Waals surface area contributed by atoms with Gasteiger partial charge in [0.2, 0.25) is 0 Å². The number of benzene rings is 1. The molecular formula is C18H18N6O. The van der Waals surface area contributed by atoms with Crippen LogP contribution in [0.15, 0.2) is 47.8 Å². The van der Waals surface area contributed by atoms with Crippen molar-refractivity contribution in [1.82, 2.24) is 24.3 Å². The highest BCUT2D eigenvalue weighted by molar-refractivity contribution is 5.94. The predicted octanol–water partition coefficient (Wildman–Crippen LogP) is 1.79. The van der Waals surface area contributed by atoms with Gasteiger partial charge in [0.15, 0.2) is 5.65 Å². The second kappa shape index (κ2) is 5.70. The molecule has 0 saturated carbocycles. The molecule has 25 heavy (non-hydrogen) atoms. The summed E-state index contributed by atoms with van der Waals surface area (Å²) in [6.45, 7) is 0.415. The van der Waals surface area contributed by atoms with Crippen LogP contribution in [0.2, 0.25) is 0 Å².